The van der Waals surface area contributed by atoms with Crippen LogP contribution in [0.5, 0.6) is 0 Å². The molecule has 2 N–H and O–H groups in total. The van der Waals surface area contributed by atoms with E-state index in [2.05, 4.69) is 20.5 Å². The Labute approximate surface area is 140 Å². The van der Waals surface area contributed by atoms with Crippen molar-refractivity contribution < 1.29 is 9.90 Å². The topological polar surface area (TPSA) is 97.9 Å². The molecule has 2 heterocycles. The number of aliphatic hydroxyl groups excluding tert-OH is 1. The number of amides is 1. The summed E-state index contributed by atoms with van der Waals surface area (Å²) in [5.41, 5.74) is 1.97. The van der Waals surface area contributed by atoms with Crippen LogP contribution < -0.4 is 5.32 Å². The van der Waals surface area contributed by atoms with Crippen LogP contribution in [0.15, 0.2) is 6.33 Å². The highest BCUT2D eigenvalue weighted by Crippen LogP contribution is 2.36. The van der Waals surface area contributed by atoms with Gasteiger partial charge in [-0.25, -0.2) is 4.98 Å². The summed E-state index contributed by atoms with van der Waals surface area (Å²) >= 11 is 0. The van der Waals surface area contributed by atoms with Gasteiger partial charge in [0.05, 0.1) is 12.0 Å². The number of hydrogen-bond donors (Lipinski definition) is 2. The van der Waals surface area contributed by atoms with Crippen LogP contribution in [0.25, 0.3) is 0 Å². The predicted molar refractivity (Wildman–Crippen MR) is 87.2 cm³/mol. The van der Waals surface area contributed by atoms with E-state index in [1.54, 1.807) is 6.33 Å². The Morgan fingerprint density at radius 1 is 1.38 bits per heavy atom. The predicted octanol–water partition coefficient (Wildman–Crippen LogP) is 0.666. The number of aliphatic hydroxyl groups is 1. The summed E-state index contributed by atoms with van der Waals surface area (Å²) in [4.78, 5) is 16.4. The highest BCUT2D eigenvalue weighted by molar-refractivity contribution is 5.76. The molecule has 8 heteroatoms. The van der Waals surface area contributed by atoms with E-state index in [0.29, 0.717) is 18.3 Å². The van der Waals surface area contributed by atoms with Crippen LogP contribution in [0.3, 0.4) is 0 Å². The molecule has 2 aromatic rings. The molecular formula is C16H24N6O2. The van der Waals surface area contributed by atoms with Crippen molar-refractivity contribution in [2.75, 3.05) is 0 Å². The molecule has 24 heavy (non-hydrogen) atoms. The second-order valence-electron chi connectivity index (χ2n) is 6.35. The number of nitrogens with zero attached hydrogens (tertiary/aromatic N) is 5. The second kappa shape index (κ2) is 6.72. The third kappa shape index (κ3) is 3.06. The first-order valence-electron chi connectivity index (χ1n) is 8.34. The minimum Gasteiger partial charge on any atom is -0.388 e. The zero-order chi connectivity index (χ0) is 17.3. The third-order valence-corrected chi connectivity index (χ3v) is 4.84. The molecule has 1 aliphatic rings. The average molecular weight is 332 g/mol. The molecule has 0 spiro atoms. The summed E-state index contributed by atoms with van der Waals surface area (Å²) in [5, 5.41) is 20.6. The normalized spacial score (nSPS) is 20.0. The number of aryl methyl sites for hydroxylation is 1. The van der Waals surface area contributed by atoms with E-state index in [1.165, 1.54) is 0 Å². The van der Waals surface area contributed by atoms with E-state index >= 15 is 0 Å². The molecule has 130 valence electrons. The van der Waals surface area contributed by atoms with Gasteiger partial charge in [-0.3, -0.25) is 4.79 Å². The maximum Gasteiger partial charge on any atom is 0.240 e. The maximum absolute atomic E-state index is 12.2. The Morgan fingerprint density at radius 2 is 2.12 bits per heavy atom. The van der Waals surface area contributed by atoms with Crippen LogP contribution in [0.4, 0.5) is 0 Å². The molecule has 3 rings (SSSR count). The number of hydrogen-bond acceptors (Lipinski definition) is 5. The van der Waals surface area contributed by atoms with Gasteiger partial charge in [0, 0.05) is 24.2 Å². The monoisotopic (exact) mass is 332 g/mol. The van der Waals surface area contributed by atoms with E-state index in [-0.39, 0.29) is 18.6 Å². The largest absolute Gasteiger partial charge is 0.388 e. The SMILES string of the molecule is CCn1c(CO)nnc1C1CC(NC(=O)Cn2cnc(C)c2C)C1. The van der Waals surface area contributed by atoms with Crippen LogP contribution in [-0.2, 0) is 24.5 Å². The molecule has 1 amide bonds. The van der Waals surface area contributed by atoms with E-state index in [9.17, 15) is 9.90 Å². The van der Waals surface area contributed by atoms with Gasteiger partial charge in [-0.05, 0) is 33.6 Å². The summed E-state index contributed by atoms with van der Waals surface area (Å²) in [7, 11) is 0. The van der Waals surface area contributed by atoms with Gasteiger partial charge >= 0.3 is 0 Å². The maximum atomic E-state index is 12.2. The van der Waals surface area contributed by atoms with Gasteiger partial charge in [-0.15, -0.1) is 10.2 Å². The van der Waals surface area contributed by atoms with Gasteiger partial charge in [0.25, 0.3) is 0 Å². The number of rotatable bonds is 6. The van der Waals surface area contributed by atoms with Crippen molar-refractivity contribution in [2.24, 2.45) is 0 Å². The molecule has 1 fully saturated rings. The lowest BCUT2D eigenvalue weighted by molar-refractivity contribution is -0.123. The van der Waals surface area contributed by atoms with E-state index in [1.807, 2.05) is 29.9 Å². The fourth-order valence-electron chi connectivity index (χ4n) is 3.19. The first kappa shape index (κ1) is 16.6. The third-order valence-electron chi connectivity index (χ3n) is 4.84. The van der Waals surface area contributed by atoms with Crippen LogP contribution in [-0.4, -0.2) is 41.4 Å². The standard InChI is InChI=1S/C16H24N6O2/c1-4-22-14(8-23)19-20-16(22)12-5-13(6-12)18-15(24)7-21-9-17-10(2)11(21)3/h9,12-13,23H,4-8H2,1-3H3,(H,18,24). The molecule has 0 radical (unpaired) electrons. The molecule has 0 aliphatic heterocycles. The quantitative estimate of drug-likeness (QED) is 0.810. The Hall–Kier alpha value is -2.22. The van der Waals surface area contributed by atoms with Gasteiger partial charge < -0.3 is 19.6 Å². The van der Waals surface area contributed by atoms with Crippen molar-refractivity contribution in [2.45, 2.75) is 65.3 Å². The Bertz CT molecular complexity index is 729. The molecular weight excluding hydrogens is 308 g/mol. The number of carbonyl (C=O) groups is 1. The van der Waals surface area contributed by atoms with Crippen molar-refractivity contribution >= 4 is 5.91 Å². The van der Waals surface area contributed by atoms with Crippen molar-refractivity contribution in [1.82, 2.24) is 29.6 Å². The Morgan fingerprint density at radius 3 is 2.71 bits per heavy atom. The summed E-state index contributed by atoms with van der Waals surface area (Å²) in [6.45, 7) is 6.85. The number of nitrogens with one attached hydrogen (secondary N) is 1. The smallest absolute Gasteiger partial charge is 0.240 e. The number of imidazole rings is 1. The molecule has 0 saturated heterocycles. The summed E-state index contributed by atoms with van der Waals surface area (Å²) in [6, 6.07) is 0.173. The molecule has 8 nitrogen and oxygen atoms in total. The van der Waals surface area contributed by atoms with Gasteiger partial charge in [0.1, 0.15) is 19.0 Å². The van der Waals surface area contributed by atoms with Crippen LogP contribution in [0, 0.1) is 13.8 Å². The highest BCUT2D eigenvalue weighted by atomic mass is 16.3. The molecule has 0 unspecified atom stereocenters. The van der Waals surface area contributed by atoms with Crippen molar-refractivity contribution in [3.63, 3.8) is 0 Å². The zero-order valence-corrected chi connectivity index (χ0v) is 14.4. The fourth-order valence-corrected chi connectivity index (χ4v) is 3.19. The summed E-state index contributed by atoms with van der Waals surface area (Å²) in [6.07, 6.45) is 3.42. The Balaban J connectivity index is 1.53. The minimum atomic E-state index is -0.0998. The van der Waals surface area contributed by atoms with Gasteiger partial charge in [0.15, 0.2) is 5.82 Å². The molecule has 0 atom stereocenters. The van der Waals surface area contributed by atoms with Crippen LogP contribution >= 0.6 is 0 Å². The molecule has 1 aliphatic carbocycles. The minimum absolute atomic E-state index is 0.00644. The lowest BCUT2D eigenvalue weighted by atomic mass is 9.79. The summed E-state index contributed by atoms with van der Waals surface area (Å²) < 4.78 is 3.82. The highest BCUT2D eigenvalue weighted by Gasteiger charge is 2.35. The Kier molecular flexibility index (Phi) is 4.66. The molecule has 0 bridgehead atoms. The number of carbonyl (C=O) groups excluding carboxylic acids is 1. The van der Waals surface area contributed by atoms with Crippen LogP contribution in [0.1, 0.15) is 48.7 Å². The summed E-state index contributed by atoms with van der Waals surface area (Å²) in [5.74, 6) is 1.81. The van der Waals surface area contributed by atoms with E-state index in [4.69, 9.17) is 0 Å². The van der Waals surface area contributed by atoms with Gasteiger partial charge in [-0.1, -0.05) is 0 Å². The average Bonchev–Trinajstić information content (AvgIpc) is 3.08. The first-order chi connectivity index (χ1) is 11.5. The number of aromatic nitrogens is 5. The van der Waals surface area contributed by atoms with Gasteiger partial charge in [0.2, 0.25) is 5.91 Å². The molecule has 2 aromatic heterocycles. The van der Waals surface area contributed by atoms with E-state index < -0.39 is 0 Å². The lowest BCUT2D eigenvalue weighted by Gasteiger charge is -2.35. The van der Waals surface area contributed by atoms with Gasteiger partial charge in [-0.2, -0.15) is 0 Å². The first-order valence-corrected chi connectivity index (χ1v) is 8.34. The van der Waals surface area contributed by atoms with Crippen molar-refractivity contribution in [3.8, 4) is 0 Å². The van der Waals surface area contributed by atoms with Crippen molar-refractivity contribution in [3.05, 3.63) is 29.4 Å². The molecule has 1 saturated carbocycles. The fraction of sp³-hybridized carbons (Fsp3) is 0.625. The van der Waals surface area contributed by atoms with Crippen molar-refractivity contribution in [1.29, 1.82) is 0 Å². The van der Waals surface area contributed by atoms with Crippen LogP contribution in [0.2, 0.25) is 0 Å². The lowest BCUT2D eigenvalue weighted by Crippen LogP contribution is -2.45. The zero-order valence-electron chi connectivity index (χ0n) is 14.4. The molecule has 0 aromatic carbocycles. The van der Waals surface area contributed by atoms with E-state index in [0.717, 1.165) is 36.6 Å². The second-order valence-corrected chi connectivity index (χ2v) is 6.35.